The summed E-state index contributed by atoms with van der Waals surface area (Å²) in [7, 11) is 0. The smallest absolute Gasteiger partial charge is 0.143 e. The molecule has 7 unspecified atom stereocenters. The molecule has 3 heteroatoms. The molecule has 162 valence electrons. The number of hydrogen-bond acceptors (Lipinski definition) is 1. The highest BCUT2D eigenvalue weighted by molar-refractivity contribution is 5.34. The second-order valence-electron chi connectivity index (χ2n) is 12.1. The average Bonchev–Trinajstić information content (AvgIpc) is 2.95. The number of hydrogen-bond donors (Lipinski definition) is 2. The number of aryl methyl sites for hydroxylation is 1. The van der Waals surface area contributed by atoms with Gasteiger partial charge in [0.15, 0.2) is 0 Å². The van der Waals surface area contributed by atoms with Gasteiger partial charge in [0.2, 0.25) is 0 Å². The number of fused-ring (bicyclic) bond motifs is 1. The highest BCUT2D eigenvalue weighted by atomic mass is 15.4. The Bertz CT molecular complexity index is 726. The Balaban J connectivity index is 1.15. The van der Waals surface area contributed by atoms with Gasteiger partial charge in [0.1, 0.15) is 5.82 Å². The molecule has 3 nitrogen and oxygen atoms in total. The molecule has 1 aromatic rings. The highest BCUT2D eigenvalue weighted by Crippen LogP contribution is 2.92. The number of H-pyrrole nitrogens is 2. The van der Waals surface area contributed by atoms with Gasteiger partial charge in [0.25, 0.3) is 0 Å². The van der Waals surface area contributed by atoms with Crippen molar-refractivity contribution in [3.8, 4) is 0 Å². The maximum atomic E-state index is 4.15. The zero-order chi connectivity index (χ0) is 19.7. The van der Waals surface area contributed by atoms with Crippen molar-refractivity contribution in [1.82, 2.24) is 15.4 Å². The molecule has 8 atom stereocenters. The van der Waals surface area contributed by atoms with E-state index in [1.807, 2.05) is 0 Å². The number of aromatic amines is 2. The van der Waals surface area contributed by atoms with Crippen molar-refractivity contribution in [3.05, 3.63) is 5.82 Å². The van der Waals surface area contributed by atoms with E-state index in [0.29, 0.717) is 5.41 Å². The molecule has 5 aliphatic carbocycles. The van der Waals surface area contributed by atoms with Gasteiger partial charge in [-0.05, 0) is 104 Å². The molecule has 0 amide bonds. The minimum atomic E-state index is 0.675. The summed E-state index contributed by atoms with van der Waals surface area (Å²) < 4.78 is 0. The fourth-order valence-corrected chi connectivity index (χ4v) is 10.8. The molecule has 0 aliphatic heterocycles. The SMILES string of the molecule is CC[C@H]1CC23C4CCC(CCCCCc5n[nH][nH]5)C4(C)CCC2C32CCCCC12. The van der Waals surface area contributed by atoms with E-state index in [4.69, 9.17) is 0 Å². The zero-order valence-corrected chi connectivity index (χ0v) is 18.9. The maximum Gasteiger partial charge on any atom is 0.143 e. The van der Waals surface area contributed by atoms with E-state index in [1.165, 1.54) is 38.5 Å². The lowest BCUT2D eigenvalue weighted by Gasteiger charge is -2.46. The Hall–Kier alpha value is -0.730. The molecule has 1 heterocycles. The van der Waals surface area contributed by atoms with E-state index < -0.39 is 0 Å². The summed E-state index contributed by atoms with van der Waals surface area (Å²) in [5, 5.41) is 10.0. The largest absolute Gasteiger partial charge is 0.270 e. The zero-order valence-electron chi connectivity index (χ0n) is 18.9. The van der Waals surface area contributed by atoms with Crippen LogP contribution in [0.15, 0.2) is 0 Å². The van der Waals surface area contributed by atoms with E-state index in [9.17, 15) is 0 Å². The Labute approximate surface area is 177 Å². The molecule has 29 heavy (non-hydrogen) atoms. The van der Waals surface area contributed by atoms with Gasteiger partial charge in [-0.2, -0.15) is 0 Å². The van der Waals surface area contributed by atoms with Crippen molar-refractivity contribution < 1.29 is 0 Å². The second-order valence-corrected chi connectivity index (χ2v) is 12.1. The third-order valence-electron chi connectivity index (χ3n) is 11.7. The van der Waals surface area contributed by atoms with Crippen molar-refractivity contribution in [2.24, 2.45) is 45.8 Å². The molecule has 1 aromatic heterocycles. The van der Waals surface area contributed by atoms with Crippen LogP contribution >= 0.6 is 0 Å². The van der Waals surface area contributed by atoms with Crippen molar-refractivity contribution in [2.75, 3.05) is 0 Å². The predicted octanol–water partition coefficient (Wildman–Crippen LogP) is 6.89. The topological polar surface area (TPSA) is 44.5 Å². The first-order valence-corrected chi connectivity index (χ1v) is 13.2. The molecule has 0 radical (unpaired) electrons. The lowest BCUT2D eigenvalue weighted by Crippen LogP contribution is -2.39. The van der Waals surface area contributed by atoms with Gasteiger partial charge >= 0.3 is 0 Å². The molecule has 0 aromatic carbocycles. The molecule has 0 saturated heterocycles. The predicted molar refractivity (Wildman–Crippen MR) is 117 cm³/mol. The standard InChI is InChI=1S/C26H43N3/c1-3-18-17-26-21-13-12-19(9-5-4-6-11-23-27-29-28-23)24(21,2)16-14-22(26)25(26)15-8-7-10-20(18)25/h18-22,29H,3-17H2,1-2H3,(H,27,28)/t18-,19?,20?,21?,22?,24?,25?,26?/m0/s1. The molecule has 5 saturated carbocycles. The Morgan fingerprint density at radius 2 is 1.86 bits per heavy atom. The maximum absolute atomic E-state index is 4.15. The van der Waals surface area contributed by atoms with Crippen molar-refractivity contribution in [1.29, 1.82) is 0 Å². The molecule has 5 fully saturated rings. The number of nitrogens with zero attached hydrogens (tertiary/aromatic N) is 1. The number of rotatable bonds is 7. The third-order valence-corrected chi connectivity index (χ3v) is 11.7. The number of aromatic nitrogens is 3. The van der Waals surface area contributed by atoms with E-state index in [1.54, 1.807) is 51.4 Å². The summed E-state index contributed by atoms with van der Waals surface area (Å²) >= 11 is 0. The van der Waals surface area contributed by atoms with E-state index >= 15 is 0 Å². The Kier molecular flexibility index (Phi) is 4.34. The first-order valence-electron chi connectivity index (χ1n) is 13.2. The van der Waals surface area contributed by atoms with Crippen LogP contribution < -0.4 is 0 Å². The van der Waals surface area contributed by atoms with Crippen LogP contribution in [-0.4, -0.2) is 15.4 Å². The summed E-state index contributed by atoms with van der Waals surface area (Å²) in [5.74, 6) is 6.59. The number of nitrogens with one attached hydrogen (secondary N) is 2. The average molecular weight is 398 g/mol. The molecular formula is C26H43N3. The summed E-state index contributed by atoms with van der Waals surface area (Å²) in [4.78, 5) is 0. The van der Waals surface area contributed by atoms with Crippen LogP contribution in [0.1, 0.15) is 110 Å². The minimum absolute atomic E-state index is 0.675. The molecule has 5 aliphatic rings. The van der Waals surface area contributed by atoms with Gasteiger partial charge in [0, 0.05) is 6.42 Å². The van der Waals surface area contributed by atoms with E-state index in [2.05, 4.69) is 29.3 Å². The number of unbranched alkanes of at least 4 members (excludes halogenated alkanes) is 2. The minimum Gasteiger partial charge on any atom is -0.270 e. The quantitative estimate of drug-likeness (QED) is 0.483. The first-order chi connectivity index (χ1) is 14.2. The lowest BCUT2D eigenvalue weighted by molar-refractivity contribution is 0.0273. The molecule has 6 rings (SSSR count). The summed E-state index contributed by atoms with van der Waals surface area (Å²) in [6.07, 6.45) is 22.4. The Morgan fingerprint density at radius 1 is 0.966 bits per heavy atom. The third kappa shape index (κ3) is 2.34. The molecule has 0 bridgehead atoms. The second kappa shape index (κ2) is 6.63. The van der Waals surface area contributed by atoms with Crippen molar-refractivity contribution in [2.45, 2.75) is 110 Å². The van der Waals surface area contributed by atoms with Crippen LogP contribution in [0.25, 0.3) is 0 Å². The van der Waals surface area contributed by atoms with E-state index in [0.717, 1.165) is 52.7 Å². The Morgan fingerprint density at radius 3 is 2.66 bits per heavy atom. The van der Waals surface area contributed by atoms with Crippen LogP contribution in [0.5, 0.6) is 0 Å². The van der Waals surface area contributed by atoms with E-state index in [-0.39, 0.29) is 0 Å². The van der Waals surface area contributed by atoms with Gasteiger partial charge in [0.05, 0.1) is 0 Å². The van der Waals surface area contributed by atoms with Crippen LogP contribution in [0.4, 0.5) is 0 Å². The first kappa shape index (κ1) is 19.0. The van der Waals surface area contributed by atoms with Crippen LogP contribution in [0, 0.1) is 45.8 Å². The molecular weight excluding hydrogens is 354 g/mol. The van der Waals surface area contributed by atoms with Crippen LogP contribution in [0.2, 0.25) is 0 Å². The fourth-order valence-electron chi connectivity index (χ4n) is 10.8. The van der Waals surface area contributed by atoms with Crippen molar-refractivity contribution in [3.63, 3.8) is 0 Å². The summed E-state index contributed by atoms with van der Waals surface area (Å²) in [5.41, 5.74) is 2.31. The monoisotopic (exact) mass is 397 g/mol. The normalized spacial score (nSPS) is 50.1. The van der Waals surface area contributed by atoms with Gasteiger partial charge in [-0.3, -0.25) is 5.10 Å². The summed E-state index contributed by atoms with van der Waals surface area (Å²) in [6.45, 7) is 5.27. The van der Waals surface area contributed by atoms with Crippen molar-refractivity contribution >= 4 is 0 Å². The molecule has 2 spiro atoms. The van der Waals surface area contributed by atoms with Gasteiger partial charge < -0.3 is 0 Å². The summed E-state index contributed by atoms with van der Waals surface area (Å²) in [6, 6.07) is 0. The van der Waals surface area contributed by atoms with Gasteiger partial charge in [-0.1, -0.05) is 46.0 Å². The lowest BCUT2D eigenvalue weighted by atomic mass is 9.59. The van der Waals surface area contributed by atoms with Gasteiger partial charge in [-0.15, -0.1) is 5.10 Å². The molecule has 2 N–H and O–H groups in total. The van der Waals surface area contributed by atoms with Gasteiger partial charge in [-0.25, -0.2) is 5.21 Å². The van der Waals surface area contributed by atoms with Crippen LogP contribution in [0.3, 0.4) is 0 Å². The highest BCUT2D eigenvalue weighted by Gasteiger charge is 2.86. The fraction of sp³-hybridized carbons (Fsp3) is 0.962. The van der Waals surface area contributed by atoms with Crippen LogP contribution in [-0.2, 0) is 6.42 Å².